The summed E-state index contributed by atoms with van der Waals surface area (Å²) in [5.41, 5.74) is 6.85. The molecule has 1 spiro atoms. The third kappa shape index (κ3) is 2.13. The number of hydrogen-bond donors (Lipinski definition) is 2. The zero-order valence-electron chi connectivity index (χ0n) is 17.3. The summed E-state index contributed by atoms with van der Waals surface area (Å²) in [6.45, 7) is 10.2. The molecular weight excluding hydrogens is 322 g/mol. The highest BCUT2D eigenvalue weighted by Crippen LogP contribution is 2.75. The molecule has 148 valence electrons. The summed E-state index contributed by atoms with van der Waals surface area (Å²) in [5.74, 6) is 1.80. The van der Waals surface area contributed by atoms with Crippen LogP contribution in [0.2, 0.25) is 0 Å². The van der Waals surface area contributed by atoms with Gasteiger partial charge in [-0.15, -0.1) is 0 Å². The van der Waals surface area contributed by atoms with Gasteiger partial charge >= 0.3 is 5.97 Å². The van der Waals surface area contributed by atoms with Gasteiger partial charge in [0.2, 0.25) is 0 Å². The maximum atomic E-state index is 12.3. The van der Waals surface area contributed by atoms with Crippen LogP contribution < -0.4 is 5.73 Å². The van der Waals surface area contributed by atoms with E-state index in [9.17, 15) is 9.90 Å². The number of carbonyl (C=O) groups is 1. The molecule has 0 heterocycles. The van der Waals surface area contributed by atoms with Gasteiger partial charge in [0.05, 0.1) is 5.41 Å². The Balaban J connectivity index is 1.79. The molecule has 5 aliphatic carbocycles. The maximum Gasteiger partial charge on any atom is 0.309 e. The first kappa shape index (κ1) is 18.8. The molecule has 2 bridgehead atoms. The average molecular weight is 362 g/mol. The van der Waals surface area contributed by atoms with Crippen LogP contribution in [0.5, 0.6) is 0 Å². The first-order chi connectivity index (χ1) is 12.1. The second-order valence-corrected chi connectivity index (χ2v) is 11.3. The molecular formula is C23H39NO2. The number of aliphatic carboxylic acids is 1. The van der Waals surface area contributed by atoms with E-state index in [1.165, 1.54) is 38.5 Å². The minimum Gasteiger partial charge on any atom is -0.481 e. The van der Waals surface area contributed by atoms with Crippen molar-refractivity contribution in [3.8, 4) is 0 Å². The molecule has 0 aliphatic heterocycles. The van der Waals surface area contributed by atoms with E-state index in [0.717, 1.165) is 25.8 Å². The Labute approximate surface area is 159 Å². The van der Waals surface area contributed by atoms with Gasteiger partial charge in [0.25, 0.3) is 0 Å². The van der Waals surface area contributed by atoms with Crippen LogP contribution in [0.4, 0.5) is 0 Å². The Morgan fingerprint density at radius 1 is 1.08 bits per heavy atom. The third-order valence-corrected chi connectivity index (χ3v) is 10.5. The van der Waals surface area contributed by atoms with Gasteiger partial charge in [-0.3, -0.25) is 4.79 Å². The fourth-order valence-corrected chi connectivity index (χ4v) is 8.85. The molecule has 5 saturated carbocycles. The lowest BCUT2D eigenvalue weighted by molar-refractivity contribution is -0.235. The fraction of sp³-hybridized carbons (Fsp3) is 0.957. The van der Waals surface area contributed by atoms with Crippen molar-refractivity contribution < 1.29 is 9.90 Å². The van der Waals surface area contributed by atoms with Gasteiger partial charge in [-0.05, 0) is 105 Å². The van der Waals surface area contributed by atoms with E-state index < -0.39 is 11.4 Å². The minimum atomic E-state index is -0.556. The molecule has 5 aliphatic rings. The first-order valence-electron chi connectivity index (χ1n) is 11.1. The van der Waals surface area contributed by atoms with Gasteiger partial charge in [0.15, 0.2) is 0 Å². The van der Waals surface area contributed by atoms with Crippen molar-refractivity contribution in [3.63, 3.8) is 0 Å². The smallest absolute Gasteiger partial charge is 0.309 e. The van der Waals surface area contributed by atoms with Crippen LogP contribution in [0.3, 0.4) is 0 Å². The van der Waals surface area contributed by atoms with Crippen molar-refractivity contribution in [2.45, 2.75) is 85.5 Å². The maximum absolute atomic E-state index is 12.3. The summed E-state index contributed by atoms with van der Waals surface area (Å²) < 4.78 is 0. The van der Waals surface area contributed by atoms with E-state index in [2.05, 4.69) is 27.7 Å². The second kappa shape index (κ2) is 5.72. The molecule has 0 unspecified atom stereocenters. The number of rotatable bonds is 3. The van der Waals surface area contributed by atoms with Crippen molar-refractivity contribution in [1.82, 2.24) is 0 Å². The van der Waals surface area contributed by atoms with Crippen molar-refractivity contribution >= 4 is 5.97 Å². The standard InChI is InChI=1S/C23H39NO2/c1-15(2)22-10-11-23(16(12-22)14-24)9-6-17-20(3,18(23)13-22)7-5-8-21(17,4)19(25)26/h15-18H,5-14,24H2,1-4H3,(H,25,26)/t16-,17-,18+,20+,21-,22-,23-/m1/s1. The van der Waals surface area contributed by atoms with E-state index in [4.69, 9.17) is 5.73 Å². The fourth-order valence-electron chi connectivity index (χ4n) is 8.85. The van der Waals surface area contributed by atoms with Crippen LogP contribution >= 0.6 is 0 Å². The van der Waals surface area contributed by atoms with Gasteiger partial charge in [0.1, 0.15) is 0 Å². The molecule has 5 rings (SSSR count). The molecule has 3 nitrogen and oxygen atoms in total. The highest BCUT2D eigenvalue weighted by atomic mass is 16.4. The van der Waals surface area contributed by atoms with Crippen molar-refractivity contribution in [2.24, 2.45) is 51.1 Å². The Kier molecular flexibility index (Phi) is 4.13. The van der Waals surface area contributed by atoms with Crippen LogP contribution in [0.1, 0.15) is 85.5 Å². The summed E-state index contributed by atoms with van der Waals surface area (Å²) >= 11 is 0. The quantitative estimate of drug-likeness (QED) is 0.736. The third-order valence-electron chi connectivity index (χ3n) is 10.5. The van der Waals surface area contributed by atoms with Crippen LogP contribution in [0.25, 0.3) is 0 Å². The summed E-state index contributed by atoms with van der Waals surface area (Å²) in [5, 5.41) is 10.1. The largest absolute Gasteiger partial charge is 0.481 e. The molecule has 0 aromatic carbocycles. The van der Waals surface area contributed by atoms with E-state index in [0.29, 0.717) is 34.5 Å². The molecule has 0 saturated heterocycles. The topological polar surface area (TPSA) is 63.3 Å². The van der Waals surface area contributed by atoms with Crippen molar-refractivity contribution in [2.75, 3.05) is 6.54 Å². The van der Waals surface area contributed by atoms with Crippen molar-refractivity contribution in [1.29, 1.82) is 0 Å². The minimum absolute atomic E-state index is 0.179. The van der Waals surface area contributed by atoms with E-state index >= 15 is 0 Å². The lowest BCUT2D eigenvalue weighted by atomic mass is 9.32. The van der Waals surface area contributed by atoms with Gasteiger partial charge in [-0.2, -0.15) is 0 Å². The van der Waals surface area contributed by atoms with Crippen LogP contribution in [-0.4, -0.2) is 17.6 Å². The number of carboxylic acids is 1. The summed E-state index contributed by atoms with van der Waals surface area (Å²) in [6.07, 6.45) is 10.8. The normalized spacial score (nSPS) is 53.2. The van der Waals surface area contributed by atoms with E-state index in [1.807, 2.05) is 0 Å². The van der Waals surface area contributed by atoms with Crippen LogP contribution in [-0.2, 0) is 4.79 Å². The summed E-state index contributed by atoms with van der Waals surface area (Å²) in [6, 6.07) is 0. The molecule has 3 N–H and O–H groups in total. The monoisotopic (exact) mass is 361 g/mol. The molecule has 7 atom stereocenters. The lowest BCUT2D eigenvalue weighted by Gasteiger charge is -2.72. The first-order valence-corrected chi connectivity index (χ1v) is 11.1. The summed E-state index contributed by atoms with van der Waals surface area (Å²) in [7, 11) is 0. The average Bonchev–Trinajstić information content (AvgIpc) is 2.61. The predicted molar refractivity (Wildman–Crippen MR) is 105 cm³/mol. The Hall–Kier alpha value is -0.570. The molecule has 26 heavy (non-hydrogen) atoms. The highest BCUT2D eigenvalue weighted by molar-refractivity contribution is 5.75. The molecule has 0 radical (unpaired) electrons. The molecule has 0 amide bonds. The van der Waals surface area contributed by atoms with E-state index in [-0.39, 0.29) is 5.41 Å². The molecule has 0 aromatic rings. The SMILES string of the molecule is CC(C)[C@@]12CC[C@]3(CC[C@@H]4[C@](C)(CCC[C@@]4(C)C(=O)O)[C@@H]3C1)[C@@H](CN)C2. The van der Waals surface area contributed by atoms with E-state index in [1.54, 1.807) is 0 Å². The van der Waals surface area contributed by atoms with Gasteiger partial charge in [-0.25, -0.2) is 0 Å². The highest BCUT2D eigenvalue weighted by Gasteiger charge is 2.69. The Morgan fingerprint density at radius 3 is 2.42 bits per heavy atom. The molecule has 3 heteroatoms. The van der Waals surface area contributed by atoms with Crippen LogP contribution in [0.15, 0.2) is 0 Å². The van der Waals surface area contributed by atoms with Gasteiger partial charge < -0.3 is 10.8 Å². The van der Waals surface area contributed by atoms with Gasteiger partial charge in [-0.1, -0.05) is 27.2 Å². The summed E-state index contributed by atoms with van der Waals surface area (Å²) in [4.78, 5) is 12.3. The Morgan fingerprint density at radius 2 is 1.81 bits per heavy atom. The number of hydrogen-bond acceptors (Lipinski definition) is 2. The second-order valence-electron chi connectivity index (χ2n) is 11.3. The lowest BCUT2D eigenvalue weighted by Crippen LogP contribution is -2.66. The molecule has 0 aromatic heterocycles. The number of fused-ring (bicyclic) bond motifs is 3. The predicted octanol–water partition coefficient (Wildman–Crippen LogP) is 5.09. The number of carboxylic acid groups (broad SMARTS) is 1. The zero-order chi connectivity index (χ0) is 19.0. The van der Waals surface area contributed by atoms with Crippen molar-refractivity contribution in [3.05, 3.63) is 0 Å². The Bertz CT molecular complexity index is 603. The van der Waals surface area contributed by atoms with Crippen LogP contribution in [0, 0.1) is 45.3 Å². The zero-order valence-corrected chi connectivity index (χ0v) is 17.3. The van der Waals surface area contributed by atoms with Gasteiger partial charge in [0, 0.05) is 0 Å². The number of nitrogens with two attached hydrogens (primary N) is 1. The molecule has 5 fully saturated rings.